The van der Waals surface area contributed by atoms with Crippen LogP contribution in [0.2, 0.25) is 0 Å². The van der Waals surface area contributed by atoms with E-state index < -0.39 is 0 Å². The molecule has 6 nitrogen and oxygen atoms in total. The number of benzene rings is 1. The van der Waals surface area contributed by atoms with Gasteiger partial charge in [-0.3, -0.25) is 0 Å². The second kappa shape index (κ2) is 8.67. The van der Waals surface area contributed by atoms with E-state index in [0.29, 0.717) is 11.8 Å². The molecule has 0 atom stereocenters. The molecule has 1 N–H and O–H groups in total. The van der Waals surface area contributed by atoms with E-state index in [1.807, 2.05) is 30.3 Å². The van der Waals surface area contributed by atoms with Crippen molar-refractivity contribution in [3.8, 4) is 22.1 Å². The summed E-state index contributed by atoms with van der Waals surface area (Å²) in [5.41, 5.74) is 3.51. The molecule has 0 spiro atoms. The summed E-state index contributed by atoms with van der Waals surface area (Å²) in [5, 5.41) is 9.48. The average molecular weight is 447 g/mol. The van der Waals surface area contributed by atoms with Crippen LogP contribution in [0.3, 0.4) is 0 Å². The first-order valence-corrected chi connectivity index (χ1v) is 11.8. The molecule has 1 aliphatic rings. The molecule has 164 valence electrons. The number of anilines is 1. The number of hydrogen-bond donors (Lipinski definition) is 1. The van der Waals surface area contributed by atoms with Crippen molar-refractivity contribution in [2.45, 2.75) is 45.1 Å². The summed E-state index contributed by atoms with van der Waals surface area (Å²) in [7, 11) is 0. The van der Waals surface area contributed by atoms with Crippen LogP contribution >= 0.6 is 11.5 Å². The Morgan fingerprint density at radius 1 is 1.31 bits per heavy atom. The van der Waals surface area contributed by atoms with E-state index in [0.717, 1.165) is 63.6 Å². The second-order valence-corrected chi connectivity index (χ2v) is 8.79. The van der Waals surface area contributed by atoms with E-state index >= 15 is 0 Å². The third-order valence-corrected chi connectivity index (χ3v) is 6.76. The lowest BCUT2D eigenvalue weighted by Gasteiger charge is -2.16. The van der Waals surface area contributed by atoms with Crippen LogP contribution in [0.4, 0.5) is 5.82 Å². The molecule has 1 aromatic carbocycles. The molecule has 0 amide bonds. The molecular formula is C25H26N4O2S. The molecule has 3 heterocycles. The van der Waals surface area contributed by atoms with E-state index in [9.17, 15) is 0 Å². The van der Waals surface area contributed by atoms with Crippen molar-refractivity contribution in [1.82, 2.24) is 14.2 Å². The number of hydrogen-bond acceptors (Lipinski definition) is 6. The number of fused-ring (bicyclic) bond motifs is 1. The van der Waals surface area contributed by atoms with Gasteiger partial charge in [-0.15, -0.1) is 0 Å². The standard InChI is InChI=1S/C25H26N4O2S/c1-4-16(3)27-25-18(5-2)23(28-29(25)17-9-6-7-10-17)24-22(15-26-32-24)31-21-12-8-11-20-19(21)13-14-30-20/h5,8,11-15,17,27H,2-4,6-7,9-10H2,1H3. The van der Waals surface area contributed by atoms with Crippen LogP contribution in [-0.2, 0) is 0 Å². The molecule has 3 aromatic heterocycles. The maximum absolute atomic E-state index is 6.32. The zero-order valence-corrected chi connectivity index (χ0v) is 19.0. The van der Waals surface area contributed by atoms with Crippen molar-refractivity contribution in [1.29, 1.82) is 0 Å². The lowest BCUT2D eigenvalue weighted by molar-refractivity contribution is 0.472. The van der Waals surface area contributed by atoms with Gasteiger partial charge in [-0.1, -0.05) is 45.1 Å². The lowest BCUT2D eigenvalue weighted by atomic mass is 10.1. The van der Waals surface area contributed by atoms with Gasteiger partial charge in [-0.25, -0.2) is 4.68 Å². The zero-order chi connectivity index (χ0) is 22.1. The average Bonchev–Trinajstić information content (AvgIpc) is 3.59. The summed E-state index contributed by atoms with van der Waals surface area (Å²) >= 11 is 1.38. The molecular weight excluding hydrogens is 420 g/mol. The highest BCUT2D eigenvalue weighted by atomic mass is 32.1. The van der Waals surface area contributed by atoms with Gasteiger partial charge in [0.2, 0.25) is 0 Å². The Morgan fingerprint density at radius 2 is 2.16 bits per heavy atom. The fourth-order valence-corrected chi connectivity index (χ4v) is 4.91. The minimum absolute atomic E-state index is 0.367. The molecule has 0 saturated heterocycles. The first-order chi connectivity index (χ1) is 15.7. The number of ether oxygens (including phenoxy) is 1. The molecule has 0 bridgehead atoms. The van der Waals surface area contributed by atoms with Crippen LogP contribution in [0.1, 0.15) is 50.6 Å². The topological polar surface area (TPSA) is 65.1 Å². The minimum Gasteiger partial charge on any atom is -0.464 e. The van der Waals surface area contributed by atoms with E-state index in [-0.39, 0.29) is 0 Å². The van der Waals surface area contributed by atoms with Crippen molar-refractivity contribution in [3.05, 3.63) is 61.1 Å². The fraction of sp³-hybridized carbons (Fsp3) is 0.280. The number of allylic oxidation sites excluding steroid dienone is 1. The van der Waals surface area contributed by atoms with E-state index in [2.05, 4.69) is 34.5 Å². The maximum Gasteiger partial charge on any atom is 0.167 e. The Labute approximate surface area is 191 Å². The number of rotatable bonds is 8. The Bertz CT molecular complexity index is 1280. The van der Waals surface area contributed by atoms with Crippen molar-refractivity contribution in [2.24, 2.45) is 0 Å². The summed E-state index contributed by atoms with van der Waals surface area (Å²) in [4.78, 5) is 0.877. The zero-order valence-electron chi connectivity index (χ0n) is 18.1. The molecule has 1 fully saturated rings. The molecule has 0 aliphatic heterocycles. The van der Waals surface area contributed by atoms with Crippen LogP contribution in [-0.4, -0.2) is 14.2 Å². The van der Waals surface area contributed by atoms with Gasteiger partial charge in [-0.2, -0.15) is 9.47 Å². The fourth-order valence-electron chi connectivity index (χ4n) is 4.24. The number of nitrogens with zero attached hydrogens (tertiary/aromatic N) is 3. The highest BCUT2D eigenvalue weighted by Gasteiger charge is 2.27. The van der Waals surface area contributed by atoms with Gasteiger partial charge < -0.3 is 14.5 Å². The van der Waals surface area contributed by atoms with Gasteiger partial charge in [0.05, 0.1) is 23.9 Å². The van der Waals surface area contributed by atoms with Crippen LogP contribution in [0.15, 0.2) is 60.0 Å². The number of nitrogens with one attached hydrogen (secondary N) is 1. The Kier molecular flexibility index (Phi) is 5.57. The molecule has 1 aliphatic carbocycles. The number of furan rings is 1. The largest absolute Gasteiger partial charge is 0.464 e. The summed E-state index contributed by atoms with van der Waals surface area (Å²) in [6, 6.07) is 8.05. The molecule has 0 unspecified atom stereocenters. The van der Waals surface area contributed by atoms with Crippen molar-refractivity contribution in [3.63, 3.8) is 0 Å². The Hall–Kier alpha value is -3.32. The van der Waals surface area contributed by atoms with Crippen molar-refractivity contribution in [2.75, 3.05) is 5.32 Å². The van der Waals surface area contributed by atoms with Gasteiger partial charge in [0.15, 0.2) is 5.75 Å². The van der Waals surface area contributed by atoms with E-state index in [1.165, 1.54) is 24.4 Å². The molecule has 5 rings (SSSR count). The third kappa shape index (κ3) is 3.62. The van der Waals surface area contributed by atoms with Gasteiger partial charge in [0.25, 0.3) is 0 Å². The Morgan fingerprint density at radius 3 is 2.94 bits per heavy atom. The second-order valence-electron chi connectivity index (χ2n) is 7.99. The smallest absolute Gasteiger partial charge is 0.167 e. The van der Waals surface area contributed by atoms with E-state index in [1.54, 1.807) is 12.5 Å². The van der Waals surface area contributed by atoms with Gasteiger partial charge >= 0.3 is 0 Å². The molecule has 4 aromatic rings. The van der Waals surface area contributed by atoms with Gasteiger partial charge in [-0.05, 0) is 49.0 Å². The molecule has 7 heteroatoms. The summed E-state index contributed by atoms with van der Waals surface area (Å²) < 4.78 is 18.4. The molecule has 1 saturated carbocycles. The molecule has 0 radical (unpaired) electrons. The summed E-state index contributed by atoms with van der Waals surface area (Å²) in [5.74, 6) is 2.35. The van der Waals surface area contributed by atoms with Gasteiger partial charge in [0.1, 0.15) is 27.7 Å². The first kappa shape index (κ1) is 20.6. The highest BCUT2D eigenvalue weighted by Crippen LogP contribution is 2.43. The summed E-state index contributed by atoms with van der Waals surface area (Å²) in [6.07, 6.45) is 10.8. The summed E-state index contributed by atoms with van der Waals surface area (Å²) in [6.45, 7) is 10.3. The maximum atomic E-state index is 6.32. The van der Waals surface area contributed by atoms with Gasteiger partial charge in [0, 0.05) is 11.3 Å². The first-order valence-electron chi connectivity index (χ1n) is 11.0. The normalized spacial score (nSPS) is 14.2. The van der Waals surface area contributed by atoms with Crippen LogP contribution in [0.25, 0.3) is 27.6 Å². The van der Waals surface area contributed by atoms with E-state index in [4.69, 9.17) is 14.3 Å². The van der Waals surface area contributed by atoms with Crippen LogP contribution in [0, 0.1) is 0 Å². The highest BCUT2D eigenvalue weighted by molar-refractivity contribution is 7.10. The predicted octanol–water partition coefficient (Wildman–Crippen LogP) is 7.64. The van der Waals surface area contributed by atoms with Crippen molar-refractivity contribution >= 4 is 34.4 Å². The quantitative estimate of drug-likeness (QED) is 0.301. The SMILES string of the molecule is C=Cc1c(-c2sncc2Oc2cccc3occc23)nn(C2CCCC2)c1NC(=C)CC. The minimum atomic E-state index is 0.367. The molecule has 32 heavy (non-hydrogen) atoms. The number of aromatic nitrogens is 3. The van der Waals surface area contributed by atoms with Crippen LogP contribution in [0.5, 0.6) is 11.5 Å². The third-order valence-electron chi connectivity index (χ3n) is 5.97. The van der Waals surface area contributed by atoms with Crippen LogP contribution < -0.4 is 10.1 Å². The Balaban J connectivity index is 1.59. The lowest BCUT2D eigenvalue weighted by Crippen LogP contribution is -2.12. The van der Waals surface area contributed by atoms with Crippen molar-refractivity contribution < 1.29 is 9.15 Å². The predicted molar refractivity (Wildman–Crippen MR) is 130 cm³/mol. The monoisotopic (exact) mass is 446 g/mol.